The van der Waals surface area contributed by atoms with Crippen molar-refractivity contribution in [1.82, 2.24) is 9.97 Å². The minimum atomic E-state index is -0.499. The highest BCUT2D eigenvalue weighted by Crippen LogP contribution is 2.68. The molecular formula is C53H32N2S. The molecule has 1 atom stereocenters. The van der Waals surface area contributed by atoms with Crippen LogP contribution in [0.1, 0.15) is 22.3 Å². The number of hydrogen-bond acceptors (Lipinski definition) is 3. The summed E-state index contributed by atoms with van der Waals surface area (Å²) in [6.45, 7) is 0. The van der Waals surface area contributed by atoms with Crippen LogP contribution in [0.2, 0.25) is 0 Å². The second kappa shape index (κ2) is 12.0. The molecule has 2 aliphatic rings. The number of aromatic nitrogens is 2. The largest absolute Gasteiger partial charge is 0.227 e. The average molecular weight is 729 g/mol. The summed E-state index contributed by atoms with van der Waals surface area (Å²) in [6, 6.07) is 70.5. The van der Waals surface area contributed by atoms with Gasteiger partial charge in [0.15, 0.2) is 5.82 Å². The van der Waals surface area contributed by atoms with E-state index in [2.05, 4.69) is 194 Å². The van der Waals surface area contributed by atoms with E-state index in [4.69, 9.17) is 9.97 Å². The van der Waals surface area contributed by atoms with Crippen LogP contribution >= 0.6 is 11.3 Å². The first-order chi connectivity index (χ1) is 27.8. The van der Waals surface area contributed by atoms with E-state index in [0.29, 0.717) is 0 Å². The van der Waals surface area contributed by atoms with Crippen LogP contribution in [0.3, 0.4) is 0 Å². The molecule has 2 aromatic heterocycles. The molecule has 1 spiro atoms. The molecular weight excluding hydrogens is 697 g/mol. The highest BCUT2D eigenvalue weighted by Gasteiger charge is 2.54. The summed E-state index contributed by atoms with van der Waals surface area (Å²) < 4.78 is 0. The number of fused-ring (bicyclic) bond motifs is 13. The first kappa shape index (κ1) is 31.4. The van der Waals surface area contributed by atoms with E-state index in [9.17, 15) is 0 Å². The summed E-state index contributed by atoms with van der Waals surface area (Å²) in [7, 11) is 0. The highest BCUT2D eigenvalue weighted by molar-refractivity contribution is 7.19. The van der Waals surface area contributed by atoms with Crippen LogP contribution in [-0.2, 0) is 5.41 Å². The highest BCUT2D eigenvalue weighted by atomic mass is 32.1. The van der Waals surface area contributed by atoms with Crippen molar-refractivity contribution >= 4 is 33.0 Å². The zero-order valence-electron chi connectivity index (χ0n) is 30.3. The average Bonchev–Trinajstić information content (AvgIpc) is 3.91. The Balaban J connectivity index is 1.16. The summed E-state index contributed by atoms with van der Waals surface area (Å²) in [4.78, 5) is 13.4. The lowest BCUT2D eigenvalue weighted by molar-refractivity contribution is 0.798. The van der Waals surface area contributed by atoms with Gasteiger partial charge >= 0.3 is 0 Å². The van der Waals surface area contributed by atoms with E-state index in [0.717, 1.165) is 38.9 Å². The van der Waals surface area contributed by atoms with E-state index in [-0.39, 0.29) is 0 Å². The molecule has 0 saturated heterocycles. The quantitative estimate of drug-likeness (QED) is 0.169. The Labute approximate surface area is 329 Å². The molecule has 260 valence electrons. The number of hydrogen-bond donors (Lipinski definition) is 0. The van der Waals surface area contributed by atoms with Gasteiger partial charge in [0.1, 0.15) is 0 Å². The van der Waals surface area contributed by atoms with Gasteiger partial charge in [-0.05, 0) is 67.6 Å². The second-order valence-corrected chi connectivity index (χ2v) is 15.8. The molecule has 3 heteroatoms. The molecule has 0 amide bonds. The van der Waals surface area contributed by atoms with Crippen LogP contribution in [0.5, 0.6) is 0 Å². The van der Waals surface area contributed by atoms with Gasteiger partial charge < -0.3 is 0 Å². The van der Waals surface area contributed by atoms with Crippen molar-refractivity contribution in [3.63, 3.8) is 0 Å². The molecule has 0 fully saturated rings. The van der Waals surface area contributed by atoms with Crippen molar-refractivity contribution in [2.45, 2.75) is 5.41 Å². The molecule has 0 bridgehead atoms. The fraction of sp³-hybridized carbons (Fsp3) is 0.0189. The van der Waals surface area contributed by atoms with Crippen molar-refractivity contribution in [2.75, 3.05) is 0 Å². The molecule has 56 heavy (non-hydrogen) atoms. The fourth-order valence-electron chi connectivity index (χ4n) is 9.59. The van der Waals surface area contributed by atoms with Crippen LogP contribution in [-0.4, -0.2) is 9.97 Å². The minimum absolute atomic E-state index is 0.499. The lowest BCUT2D eigenvalue weighted by atomic mass is 9.70. The van der Waals surface area contributed by atoms with Crippen LogP contribution in [0.15, 0.2) is 194 Å². The van der Waals surface area contributed by atoms with Crippen LogP contribution in [0.4, 0.5) is 0 Å². The second-order valence-electron chi connectivity index (χ2n) is 14.8. The lowest BCUT2D eigenvalue weighted by Crippen LogP contribution is -2.26. The zero-order valence-corrected chi connectivity index (χ0v) is 31.1. The maximum absolute atomic E-state index is 5.38. The summed E-state index contributed by atoms with van der Waals surface area (Å²) in [6.07, 6.45) is 0. The van der Waals surface area contributed by atoms with Crippen LogP contribution < -0.4 is 0 Å². The number of rotatable bonds is 4. The number of nitrogens with zero attached hydrogens (tertiary/aromatic N) is 2. The van der Waals surface area contributed by atoms with Crippen LogP contribution in [0, 0.1) is 0 Å². The molecule has 12 rings (SSSR count). The van der Waals surface area contributed by atoms with Gasteiger partial charge in [-0.3, -0.25) is 0 Å². The topological polar surface area (TPSA) is 25.8 Å². The molecule has 2 aliphatic carbocycles. The SMILES string of the molecule is c1ccc(-c2sc(-c3ccccc3)c3c2-c2ccccc2C32c3ccccc3-c3cc(-c4nc(-c5ccccc5)c5ccc6ccccc6c5n4)ccc32)cc1. The Morgan fingerprint density at radius 2 is 0.982 bits per heavy atom. The molecule has 10 aromatic rings. The zero-order chi connectivity index (χ0) is 36.8. The van der Waals surface area contributed by atoms with Crippen molar-refractivity contribution in [1.29, 1.82) is 0 Å². The minimum Gasteiger partial charge on any atom is -0.227 e. The van der Waals surface area contributed by atoms with Gasteiger partial charge in [-0.25, -0.2) is 9.97 Å². The third-order valence-electron chi connectivity index (χ3n) is 11.9. The molecule has 2 heterocycles. The number of benzene rings is 8. The van der Waals surface area contributed by atoms with E-state index >= 15 is 0 Å². The summed E-state index contributed by atoms with van der Waals surface area (Å²) >= 11 is 1.92. The van der Waals surface area contributed by atoms with Crippen molar-refractivity contribution in [3.8, 4) is 65.8 Å². The lowest BCUT2D eigenvalue weighted by Gasteiger charge is -2.31. The Morgan fingerprint density at radius 3 is 1.73 bits per heavy atom. The van der Waals surface area contributed by atoms with Crippen molar-refractivity contribution < 1.29 is 0 Å². The van der Waals surface area contributed by atoms with E-state index in [1.54, 1.807) is 0 Å². The molecule has 0 N–H and O–H groups in total. The Bertz CT molecular complexity index is 3180. The Morgan fingerprint density at radius 1 is 0.393 bits per heavy atom. The molecule has 0 saturated carbocycles. The van der Waals surface area contributed by atoms with Gasteiger partial charge in [-0.15, -0.1) is 11.3 Å². The summed E-state index contributed by atoms with van der Waals surface area (Å²) in [5.74, 6) is 0.730. The predicted molar refractivity (Wildman–Crippen MR) is 233 cm³/mol. The number of thiophene rings is 1. The molecule has 0 radical (unpaired) electrons. The molecule has 1 unspecified atom stereocenters. The maximum Gasteiger partial charge on any atom is 0.160 e. The van der Waals surface area contributed by atoms with Gasteiger partial charge in [-0.1, -0.05) is 182 Å². The normalized spacial score (nSPS) is 14.9. The van der Waals surface area contributed by atoms with Gasteiger partial charge in [0, 0.05) is 37.2 Å². The Kier molecular flexibility index (Phi) is 6.75. The molecule has 8 aromatic carbocycles. The summed E-state index contributed by atoms with van der Waals surface area (Å²) in [5, 5.41) is 3.36. The van der Waals surface area contributed by atoms with E-state index < -0.39 is 5.41 Å². The molecule has 2 nitrogen and oxygen atoms in total. The Hall–Kier alpha value is -6.94. The fourth-order valence-corrected chi connectivity index (χ4v) is 11.0. The maximum atomic E-state index is 5.38. The van der Waals surface area contributed by atoms with Gasteiger partial charge in [0.25, 0.3) is 0 Å². The van der Waals surface area contributed by atoms with Gasteiger partial charge in [0.05, 0.1) is 16.6 Å². The van der Waals surface area contributed by atoms with E-state index in [1.165, 1.54) is 70.8 Å². The molecule has 0 aliphatic heterocycles. The first-order valence-electron chi connectivity index (χ1n) is 19.2. The predicted octanol–water partition coefficient (Wildman–Crippen LogP) is 13.9. The van der Waals surface area contributed by atoms with Gasteiger partial charge in [0.2, 0.25) is 0 Å². The van der Waals surface area contributed by atoms with E-state index in [1.807, 2.05) is 11.3 Å². The van der Waals surface area contributed by atoms with Gasteiger partial charge in [-0.2, -0.15) is 0 Å². The first-order valence-corrected chi connectivity index (χ1v) is 20.0. The third-order valence-corrected chi connectivity index (χ3v) is 13.2. The van der Waals surface area contributed by atoms with Crippen molar-refractivity contribution in [3.05, 3.63) is 216 Å². The summed E-state index contributed by atoms with van der Waals surface area (Å²) in [5.41, 5.74) is 16.5. The smallest absolute Gasteiger partial charge is 0.160 e. The van der Waals surface area contributed by atoms with Crippen LogP contribution in [0.25, 0.3) is 87.5 Å². The standard InChI is InChI=1S/C53H32N2S/c1-4-17-34(18-5-1)48-41-30-28-33-16-10-11-23-38(33)49(41)55-52(54-48)37-29-31-45-42(32-37)39-24-12-14-26-43(39)53(45)44-27-15-13-25-40(44)46-47(53)51(36-21-8-3-9-22-36)56-50(46)35-19-6-2-7-20-35/h1-32H. The monoisotopic (exact) mass is 728 g/mol. The van der Waals surface area contributed by atoms with Crippen molar-refractivity contribution in [2.24, 2.45) is 0 Å². The third kappa shape index (κ3) is 4.32.